The number of amides is 1. The molecule has 10 heteroatoms. The number of piperidine rings is 1. The lowest BCUT2D eigenvalue weighted by atomic mass is 10.1. The largest absolute Gasteiger partial charge is 0.474 e. The first-order valence-electron chi connectivity index (χ1n) is 10.8. The molecule has 1 N–H and O–H groups in total. The third-order valence-electron chi connectivity index (χ3n) is 5.75. The molecule has 0 spiro atoms. The first-order valence-corrected chi connectivity index (χ1v) is 12.0. The molecular weight excluding hydrogens is 476 g/mol. The molecule has 1 amide bonds. The monoisotopic (exact) mass is 496 g/mol. The number of thiophene rings is 1. The van der Waals surface area contributed by atoms with E-state index in [1.54, 1.807) is 12.3 Å². The molecule has 5 rings (SSSR count). The number of ether oxygens (including phenoxy) is 1. The van der Waals surface area contributed by atoms with Crippen molar-refractivity contribution in [2.24, 2.45) is 0 Å². The van der Waals surface area contributed by atoms with Gasteiger partial charge in [0.2, 0.25) is 5.88 Å². The quantitative estimate of drug-likeness (QED) is 0.428. The second-order valence-corrected chi connectivity index (χ2v) is 9.55. The molecular formula is C24H21ClN4O4S. The zero-order valence-electron chi connectivity index (χ0n) is 18.1. The number of pyridine rings is 1. The Hall–Kier alpha value is -3.43. The van der Waals surface area contributed by atoms with Crippen LogP contribution in [-0.2, 0) is 6.54 Å². The molecule has 4 heterocycles. The fourth-order valence-electron chi connectivity index (χ4n) is 3.94. The van der Waals surface area contributed by atoms with Crippen LogP contribution in [0.2, 0.25) is 5.02 Å². The van der Waals surface area contributed by atoms with Crippen LogP contribution in [0.5, 0.6) is 5.88 Å². The highest BCUT2D eigenvalue weighted by molar-refractivity contribution is 7.22. The number of hydrogen-bond acceptors (Lipinski definition) is 6. The second-order valence-electron chi connectivity index (χ2n) is 8.06. The number of rotatable bonds is 5. The van der Waals surface area contributed by atoms with E-state index in [4.69, 9.17) is 21.4 Å². The molecule has 1 saturated heterocycles. The highest BCUT2D eigenvalue weighted by Crippen LogP contribution is 2.32. The zero-order valence-corrected chi connectivity index (χ0v) is 19.6. The van der Waals surface area contributed by atoms with E-state index in [1.807, 2.05) is 42.5 Å². The molecule has 1 aromatic carbocycles. The van der Waals surface area contributed by atoms with Gasteiger partial charge in [-0.05, 0) is 29.8 Å². The van der Waals surface area contributed by atoms with Gasteiger partial charge in [0.05, 0.1) is 18.4 Å². The van der Waals surface area contributed by atoms with Gasteiger partial charge in [-0.2, -0.15) is 5.10 Å². The second kappa shape index (κ2) is 9.44. The average molecular weight is 497 g/mol. The van der Waals surface area contributed by atoms with E-state index in [0.29, 0.717) is 47.2 Å². The maximum Gasteiger partial charge on any atom is 0.407 e. The molecule has 34 heavy (non-hydrogen) atoms. The molecule has 0 saturated carbocycles. The van der Waals surface area contributed by atoms with Crippen LogP contribution in [0.15, 0.2) is 59.5 Å². The number of carboxylic acid groups (broad SMARTS) is 1. The summed E-state index contributed by atoms with van der Waals surface area (Å²) in [5.74, 6) is 0.460. The van der Waals surface area contributed by atoms with Crippen molar-refractivity contribution in [3.63, 3.8) is 0 Å². The van der Waals surface area contributed by atoms with Crippen LogP contribution in [0, 0.1) is 0 Å². The van der Waals surface area contributed by atoms with E-state index in [0.717, 1.165) is 15.8 Å². The van der Waals surface area contributed by atoms with Crippen molar-refractivity contribution >= 4 is 39.1 Å². The Morgan fingerprint density at radius 3 is 2.68 bits per heavy atom. The van der Waals surface area contributed by atoms with E-state index in [-0.39, 0.29) is 18.2 Å². The number of aromatic nitrogens is 3. The SMILES string of the molecule is O=C(O)N1CCC(Oc2cccc(Cn3ncc4cc(-c5ccc(Cl)cc5)sc4c3=O)n2)CC1. The van der Waals surface area contributed by atoms with E-state index < -0.39 is 6.09 Å². The van der Waals surface area contributed by atoms with Crippen LogP contribution in [-0.4, -0.2) is 50.1 Å². The molecule has 4 aromatic rings. The van der Waals surface area contributed by atoms with E-state index >= 15 is 0 Å². The van der Waals surface area contributed by atoms with Gasteiger partial charge in [-0.1, -0.05) is 29.8 Å². The topological polar surface area (TPSA) is 97.5 Å². The summed E-state index contributed by atoms with van der Waals surface area (Å²) >= 11 is 7.41. The third kappa shape index (κ3) is 4.76. The molecule has 174 valence electrons. The Labute approximate surface area is 204 Å². The number of likely N-dealkylation sites (tertiary alicyclic amines) is 1. The summed E-state index contributed by atoms with van der Waals surface area (Å²) in [7, 11) is 0. The molecule has 3 aromatic heterocycles. The van der Waals surface area contributed by atoms with Gasteiger partial charge in [0, 0.05) is 47.3 Å². The molecule has 1 aliphatic heterocycles. The van der Waals surface area contributed by atoms with Crippen LogP contribution in [0.1, 0.15) is 18.5 Å². The minimum atomic E-state index is -0.903. The van der Waals surface area contributed by atoms with Crippen LogP contribution in [0.25, 0.3) is 20.5 Å². The Bertz CT molecular complexity index is 1390. The summed E-state index contributed by atoms with van der Waals surface area (Å²) < 4.78 is 8.02. The first kappa shape index (κ1) is 22.4. The zero-order chi connectivity index (χ0) is 23.7. The van der Waals surface area contributed by atoms with Crippen molar-refractivity contribution in [1.29, 1.82) is 0 Å². The lowest BCUT2D eigenvalue weighted by molar-refractivity contribution is 0.0870. The van der Waals surface area contributed by atoms with Crippen molar-refractivity contribution in [3.8, 4) is 16.3 Å². The van der Waals surface area contributed by atoms with E-state index in [1.165, 1.54) is 20.9 Å². The summed E-state index contributed by atoms with van der Waals surface area (Å²) in [6.07, 6.45) is 1.94. The van der Waals surface area contributed by atoms with Gasteiger partial charge < -0.3 is 14.7 Å². The van der Waals surface area contributed by atoms with Crippen molar-refractivity contribution in [3.05, 3.63) is 75.8 Å². The number of benzene rings is 1. The summed E-state index contributed by atoms with van der Waals surface area (Å²) in [6, 6.07) is 14.9. The lowest BCUT2D eigenvalue weighted by Crippen LogP contribution is -2.41. The van der Waals surface area contributed by atoms with Crippen LogP contribution >= 0.6 is 22.9 Å². The molecule has 8 nitrogen and oxygen atoms in total. The van der Waals surface area contributed by atoms with Gasteiger partial charge in [0.15, 0.2) is 0 Å². The van der Waals surface area contributed by atoms with E-state index in [2.05, 4.69) is 10.1 Å². The Balaban J connectivity index is 1.32. The molecule has 0 bridgehead atoms. The van der Waals surface area contributed by atoms with Gasteiger partial charge in [0.1, 0.15) is 10.8 Å². The molecule has 0 atom stereocenters. The third-order valence-corrected chi connectivity index (χ3v) is 7.19. The molecule has 1 aliphatic rings. The predicted molar refractivity (Wildman–Crippen MR) is 131 cm³/mol. The summed E-state index contributed by atoms with van der Waals surface area (Å²) in [6.45, 7) is 1.10. The van der Waals surface area contributed by atoms with Crippen LogP contribution < -0.4 is 10.3 Å². The lowest BCUT2D eigenvalue weighted by Gasteiger charge is -2.29. The maximum atomic E-state index is 13.1. The van der Waals surface area contributed by atoms with Gasteiger partial charge in [-0.25, -0.2) is 14.5 Å². The van der Waals surface area contributed by atoms with Crippen LogP contribution in [0.4, 0.5) is 4.79 Å². The number of nitrogens with zero attached hydrogens (tertiary/aromatic N) is 4. The van der Waals surface area contributed by atoms with Gasteiger partial charge in [-0.15, -0.1) is 11.3 Å². The molecule has 0 radical (unpaired) electrons. The van der Waals surface area contributed by atoms with Gasteiger partial charge in [0.25, 0.3) is 5.56 Å². The number of fused-ring (bicyclic) bond motifs is 1. The average Bonchev–Trinajstić information content (AvgIpc) is 3.27. The number of carbonyl (C=O) groups is 1. The Kier molecular flexibility index (Phi) is 6.21. The van der Waals surface area contributed by atoms with Crippen molar-refractivity contribution in [1.82, 2.24) is 19.7 Å². The summed E-state index contributed by atoms with van der Waals surface area (Å²) in [5.41, 5.74) is 1.48. The van der Waals surface area contributed by atoms with Gasteiger partial charge in [-0.3, -0.25) is 4.79 Å². The molecule has 0 unspecified atom stereocenters. The summed E-state index contributed by atoms with van der Waals surface area (Å²) in [5, 5.41) is 14.9. The first-order chi connectivity index (χ1) is 16.5. The minimum Gasteiger partial charge on any atom is -0.474 e. The summed E-state index contributed by atoms with van der Waals surface area (Å²) in [4.78, 5) is 31.1. The fourth-order valence-corrected chi connectivity index (χ4v) is 5.15. The normalized spacial score (nSPS) is 14.4. The van der Waals surface area contributed by atoms with Crippen molar-refractivity contribution < 1.29 is 14.6 Å². The fraction of sp³-hybridized carbons (Fsp3) is 0.250. The van der Waals surface area contributed by atoms with Crippen molar-refractivity contribution in [2.45, 2.75) is 25.5 Å². The predicted octanol–water partition coefficient (Wildman–Crippen LogP) is 4.74. The van der Waals surface area contributed by atoms with Crippen LogP contribution in [0.3, 0.4) is 0 Å². The number of halogens is 1. The molecule has 0 aliphatic carbocycles. The van der Waals surface area contributed by atoms with E-state index in [9.17, 15) is 9.59 Å². The Morgan fingerprint density at radius 2 is 1.94 bits per heavy atom. The standard InChI is InChI=1S/C24H21ClN4O4S/c25-17-6-4-15(5-7-17)20-12-16-13-26-29(23(30)22(16)34-20)14-18-2-1-3-21(27-18)33-19-8-10-28(11-9-19)24(31)32/h1-7,12-13,19H,8-11,14H2,(H,31,32). The highest BCUT2D eigenvalue weighted by atomic mass is 35.5. The molecule has 1 fully saturated rings. The Morgan fingerprint density at radius 1 is 1.18 bits per heavy atom. The highest BCUT2D eigenvalue weighted by Gasteiger charge is 2.23. The van der Waals surface area contributed by atoms with Gasteiger partial charge >= 0.3 is 6.09 Å². The maximum absolute atomic E-state index is 13.1. The minimum absolute atomic E-state index is 0.0899. The smallest absolute Gasteiger partial charge is 0.407 e. The van der Waals surface area contributed by atoms with Crippen molar-refractivity contribution in [2.75, 3.05) is 13.1 Å². The number of hydrogen-bond donors (Lipinski definition) is 1.